The summed E-state index contributed by atoms with van der Waals surface area (Å²) in [4.78, 5) is 14.5. The maximum absolute atomic E-state index is 12.0. The van der Waals surface area contributed by atoms with Gasteiger partial charge in [0, 0.05) is 32.3 Å². The summed E-state index contributed by atoms with van der Waals surface area (Å²) in [5.74, 6) is -0.196. The first-order chi connectivity index (χ1) is 9.47. The van der Waals surface area contributed by atoms with Gasteiger partial charge in [0.05, 0.1) is 11.6 Å². The van der Waals surface area contributed by atoms with Crippen LogP contribution in [0.3, 0.4) is 0 Å². The lowest BCUT2D eigenvalue weighted by atomic mass is 9.77. The van der Waals surface area contributed by atoms with E-state index in [1.165, 1.54) is 0 Å². The predicted octanol–water partition coefficient (Wildman–Crippen LogP) is 0.872. The van der Waals surface area contributed by atoms with Crippen molar-refractivity contribution in [3.05, 3.63) is 0 Å². The maximum atomic E-state index is 12.0. The van der Waals surface area contributed by atoms with Crippen molar-refractivity contribution < 1.29 is 9.53 Å². The van der Waals surface area contributed by atoms with Gasteiger partial charge in [0.2, 0.25) is 5.91 Å². The summed E-state index contributed by atoms with van der Waals surface area (Å²) in [6.45, 7) is 6.20. The number of methoxy groups -OCH3 is 1. The second-order valence-corrected chi connectivity index (χ2v) is 6.64. The number of hydrogen-bond acceptors (Lipinski definition) is 4. The van der Waals surface area contributed by atoms with Gasteiger partial charge in [-0.05, 0) is 46.0 Å². The van der Waals surface area contributed by atoms with Crippen LogP contribution in [0, 0.1) is 0 Å². The van der Waals surface area contributed by atoms with Crippen LogP contribution in [0.2, 0.25) is 0 Å². The summed E-state index contributed by atoms with van der Waals surface area (Å²) in [5.41, 5.74) is 5.19. The predicted molar refractivity (Wildman–Crippen MR) is 79.4 cm³/mol. The van der Waals surface area contributed by atoms with Gasteiger partial charge in [0.25, 0.3) is 0 Å². The van der Waals surface area contributed by atoms with E-state index in [2.05, 4.69) is 24.1 Å². The van der Waals surface area contributed by atoms with E-state index in [4.69, 9.17) is 10.5 Å². The third kappa shape index (κ3) is 3.32. The number of likely N-dealkylation sites (tertiary alicyclic amines) is 1. The van der Waals surface area contributed by atoms with Crippen molar-refractivity contribution in [2.24, 2.45) is 5.73 Å². The Morgan fingerprint density at radius 1 is 1.45 bits per heavy atom. The smallest absolute Gasteiger partial charge is 0.237 e. The van der Waals surface area contributed by atoms with Crippen LogP contribution in [0.15, 0.2) is 0 Å². The van der Waals surface area contributed by atoms with Crippen molar-refractivity contribution in [1.29, 1.82) is 0 Å². The number of rotatable bonds is 5. The van der Waals surface area contributed by atoms with Crippen molar-refractivity contribution >= 4 is 5.91 Å². The van der Waals surface area contributed by atoms with Gasteiger partial charge in [-0.2, -0.15) is 0 Å². The Kier molecular flexibility index (Phi) is 5.04. The number of nitrogens with two attached hydrogens (primary N) is 1. The Hall–Kier alpha value is -0.650. The van der Waals surface area contributed by atoms with Crippen LogP contribution < -0.4 is 11.1 Å². The summed E-state index contributed by atoms with van der Waals surface area (Å²) >= 11 is 0. The van der Waals surface area contributed by atoms with Crippen molar-refractivity contribution in [3.63, 3.8) is 0 Å². The first kappa shape index (κ1) is 15.7. The molecule has 1 amide bonds. The Bertz CT molecular complexity index is 348. The Morgan fingerprint density at radius 3 is 2.75 bits per heavy atom. The van der Waals surface area contributed by atoms with E-state index in [0.29, 0.717) is 12.1 Å². The Balaban J connectivity index is 2.04. The zero-order valence-corrected chi connectivity index (χ0v) is 13.0. The van der Waals surface area contributed by atoms with Crippen LogP contribution in [-0.4, -0.2) is 54.7 Å². The molecule has 2 rings (SSSR count). The largest absolute Gasteiger partial charge is 0.380 e. The maximum Gasteiger partial charge on any atom is 0.237 e. The summed E-state index contributed by atoms with van der Waals surface area (Å²) in [5, 5.41) is 3.44. The van der Waals surface area contributed by atoms with Gasteiger partial charge in [0.1, 0.15) is 0 Å². The van der Waals surface area contributed by atoms with Crippen LogP contribution in [-0.2, 0) is 9.53 Å². The molecule has 1 saturated carbocycles. The topological polar surface area (TPSA) is 67.6 Å². The first-order valence-electron chi connectivity index (χ1n) is 7.81. The van der Waals surface area contributed by atoms with Crippen LogP contribution >= 0.6 is 0 Å². The molecule has 0 aromatic carbocycles. The van der Waals surface area contributed by atoms with Crippen molar-refractivity contribution in [2.75, 3.05) is 20.2 Å². The zero-order chi connectivity index (χ0) is 14.8. The fourth-order valence-corrected chi connectivity index (χ4v) is 3.81. The molecule has 0 bridgehead atoms. The number of ether oxygens (including phenoxy) is 1. The van der Waals surface area contributed by atoms with Gasteiger partial charge in [-0.3, -0.25) is 9.69 Å². The number of amides is 1. The average molecular weight is 283 g/mol. The molecule has 0 aromatic rings. The van der Waals surface area contributed by atoms with Gasteiger partial charge in [-0.15, -0.1) is 0 Å². The molecule has 116 valence electrons. The van der Waals surface area contributed by atoms with Gasteiger partial charge < -0.3 is 15.8 Å². The summed E-state index contributed by atoms with van der Waals surface area (Å²) < 4.78 is 5.45. The first-order valence-corrected chi connectivity index (χ1v) is 7.81. The molecular formula is C15H29N3O2. The van der Waals surface area contributed by atoms with E-state index in [9.17, 15) is 4.79 Å². The van der Waals surface area contributed by atoms with Crippen molar-refractivity contribution in [2.45, 2.75) is 69.7 Å². The second kappa shape index (κ2) is 6.41. The minimum Gasteiger partial charge on any atom is -0.380 e. The highest BCUT2D eigenvalue weighted by atomic mass is 16.5. The van der Waals surface area contributed by atoms with Gasteiger partial charge in [-0.1, -0.05) is 0 Å². The highest BCUT2D eigenvalue weighted by molar-refractivity contribution is 5.85. The molecule has 2 fully saturated rings. The average Bonchev–Trinajstić information content (AvgIpc) is 2.86. The quantitative estimate of drug-likeness (QED) is 0.786. The number of nitrogens with one attached hydrogen (secondary N) is 1. The van der Waals surface area contributed by atoms with Gasteiger partial charge >= 0.3 is 0 Å². The second-order valence-electron chi connectivity index (χ2n) is 6.64. The van der Waals surface area contributed by atoms with Crippen LogP contribution in [0.1, 0.15) is 46.0 Å². The molecule has 0 spiro atoms. The molecule has 5 nitrogen and oxygen atoms in total. The van der Waals surface area contributed by atoms with E-state index in [-0.39, 0.29) is 11.9 Å². The fraction of sp³-hybridized carbons (Fsp3) is 0.933. The molecule has 3 N–H and O–H groups in total. The molecule has 1 aliphatic carbocycles. The molecule has 20 heavy (non-hydrogen) atoms. The lowest BCUT2D eigenvalue weighted by Crippen LogP contribution is -2.62. The van der Waals surface area contributed by atoms with Gasteiger partial charge in [-0.25, -0.2) is 0 Å². The lowest BCUT2D eigenvalue weighted by molar-refractivity contribution is -0.127. The molecule has 3 unspecified atom stereocenters. The van der Waals surface area contributed by atoms with Gasteiger partial charge in [0.15, 0.2) is 0 Å². The van der Waals surface area contributed by atoms with E-state index >= 15 is 0 Å². The number of primary amides is 1. The molecule has 0 radical (unpaired) electrons. The van der Waals surface area contributed by atoms with E-state index in [1.807, 2.05) is 0 Å². The normalized spacial score (nSPS) is 35.6. The van der Waals surface area contributed by atoms with E-state index in [1.54, 1.807) is 7.11 Å². The molecule has 2 aliphatic rings. The van der Waals surface area contributed by atoms with E-state index < -0.39 is 5.54 Å². The molecule has 1 saturated heterocycles. The standard InChI is InChI=1S/C15H29N3O2/c1-11(2)17-15(14(16)19)7-4-5-12(9-15)18-8-6-13(10-18)20-3/h11-13,17H,4-10H2,1-3H3,(H2,16,19). The number of carbonyl (C=O) groups excluding carboxylic acids is 1. The highest BCUT2D eigenvalue weighted by Gasteiger charge is 2.44. The van der Waals surface area contributed by atoms with Crippen LogP contribution in [0.5, 0.6) is 0 Å². The number of hydrogen-bond donors (Lipinski definition) is 2. The summed E-state index contributed by atoms with van der Waals surface area (Å²) in [6.07, 6.45) is 5.34. The Morgan fingerprint density at radius 2 is 2.20 bits per heavy atom. The molecule has 5 heteroatoms. The number of carbonyl (C=O) groups is 1. The third-order valence-electron chi connectivity index (χ3n) is 4.79. The monoisotopic (exact) mass is 283 g/mol. The lowest BCUT2D eigenvalue weighted by Gasteiger charge is -2.43. The minimum absolute atomic E-state index is 0.196. The van der Waals surface area contributed by atoms with Crippen LogP contribution in [0.25, 0.3) is 0 Å². The highest BCUT2D eigenvalue weighted by Crippen LogP contribution is 2.33. The summed E-state index contributed by atoms with van der Waals surface area (Å²) in [7, 11) is 1.78. The third-order valence-corrected chi connectivity index (χ3v) is 4.79. The molecule has 1 heterocycles. The SMILES string of the molecule is COC1CCN(C2CCCC(NC(C)C)(C(N)=O)C2)C1. The Labute approximate surface area is 122 Å². The van der Waals surface area contributed by atoms with Crippen LogP contribution in [0.4, 0.5) is 0 Å². The summed E-state index contributed by atoms with van der Waals surface area (Å²) in [6, 6.07) is 0.717. The molecule has 3 atom stereocenters. The zero-order valence-electron chi connectivity index (χ0n) is 13.0. The number of nitrogens with zero attached hydrogens (tertiary/aromatic N) is 1. The minimum atomic E-state index is -0.526. The fourth-order valence-electron chi connectivity index (χ4n) is 3.81. The molecule has 1 aliphatic heterocycles. The molecule has 0 aromatic heterocycles. The van der Waals surface area contributed by atoms with Crippen molar-refractivity contribution in [3.8, 4) is 0 Å². The van der Waals surface area contributed by atoms with E-state index in [0.717, 1.165) is 45.2 Å². The van der Waals surface area contributed by atoms with Crippen molar-refractivity contribution in [1.82, 2.24) is 10.2 Å². The molecular weight excluding hydrogens is 254 g/mol.